The van der Waals surface area contributed by atoms with Gasteiger partial charge in [-0.25, -0.2) is 0 Å². The normalized spacial score (nSPS) is 10.1. The van der Waals surface area contributed by atoms with Crippen molar-refractivity contribution in [1.82, 2.24) is 0 Å². The Morgan fingerprint density at radius 2 is 1.32 bits per heavy atom. The smallest absolute Gasteiger partial charge is 0.508 e. The molecule has 0 saturated carbocycles. The summed E-state index contributed by atoms with van der Waals surface area (Å²) in [6.45, 7) is 0. The summed E-state index contributed by atoms with van der Waals surface area (Å²) in [7, 11) is 0. The minimum Gasteiger partial charge on any atom is -0.508 e. The fourth-order valence-electron chi connectivity index (χ4n) is 1.49. The second-order valence-electron chi connectivity index (χ2n) is 3.77. The molecule has 0 saturated heterocycles. The van der Waals surface area contributed by atoms with Gasteiger partial charge < -0.3 is 5.11 Å². The number of rotatable bonds is 3. The first kappa shape index (κ1) is 16.1. The average molecular weight is 280 g/mol. The molecule has 0 atom stereocenters. The molecule has 0 radical (unpaired) electrons. The van der Waals surface area contributed by atoms with Crippen molar-refractivity contribution in [1.29, 1.82) is 0 Å². The molecule has 90 valence electrons. The van der Waals surface area contributed by atoms with E-state index < -0.39 is 4.92 Å². The van der Waals surface area contributed by atoms with Crippen molar-refractivity contribution in [3.8, 4) is 5.75 Å². The topological polar surface area (TPSA) is 63.4 Å². The standard InChI is InChI=1S/C14H11NO3.K/c16-14-9-5-12(6-10-14)2-1-11-3-7-13(8-4-11)15(17)18;/h1-10,16H;/q;+1/b2-1+;. The number of nitrogens with zero attached hydrogens (tertiary/aromatic N) is 1. The molecule has 0 heterocycles. The van der Waals surface area contributed by atoms with E-state index in [2.05, 4.69) is 0 Å². The van der Waals surface area contributed by atoms with Crippen LogP contribution in [-0.4, -0.2) is 10.0 Å². The number of aromatic hydroxyl groups is 1. The Morgan fingerprint density at radius 3 is 1.74 bits per heavy atom. The second-order valence-corrected chi connectivity index (χ2v) is 3.77. The predicted octanol–water partition coefficient (Wildman–Crippen LogP) is 0.475. The average Bonchev–Trinajstić information content (AvgIpc) is 2.38. The number of phenolic OH excluding ortho intramolecular Hbond substituents is 1. The molecule has 2 aromatic rings. The van der Waals surface area contributed by atoms with Gasteiger partial charge in [-0.3, -0.25) is 10.1 Å². The summed E-state index contributed by atoms with van der Waals surface area (Å²) in [5.74, 6) is 0.225. The summed E-state index contributed by atoms with van der Waals surface area (Å²) in [5.41, 5.74) is 1.91. The molecule has 0 aliphatic heterocycles. The molecule has 0 spiro atoms. The van der Waals surface area contributed by atoms with Gasteiger partial charge in [-0.2, -0.15) is 0 Å². The quantitative estimate of drug-likeness (QED) is 0.385. The summed E-state index contributed by atoms with van der Waals surface area (Å²) in [6.07, 6.45) is 3.73. The van der Waals surface area contributed by atoms with Crippen LogP contribution in [0.3, 0.4) is 0 Å². The van der Waals surface area contributed by atoms with E-state index in [0.717, 1.165) is 11.1 Å². The summed E-state index contributed by atoms with van der Waals surface area (Å²) < 4.78 is 0. The van der Waals surface area contributed by atoms with Crippen LogP contribution < -0.4 is 51.4 Å². The minimum absolute atomic E-state index is 0. The van der Waals surface area contributed by atoms with Gasteiger partial charge in [-0.05, 0) is 35.4 Å². The Balaban J connectivity index is 0.00000180. The Labute approximate surface area is 153 Å². The van der Waals surface area contributed by atoms with Crippen LogP contribution >= 0.6 is 0 Å². The largest absolute Gasteiger partial charge is 1.00 e. The van der Waals surface area contributed by atoms with Crippen LogP contribution in [0.4, 0.5) is 5.69 Å². The van der Waals surface area contributed by atoms with Crippen molar-refractivity contribution in [2.24, 2.45) is 0 Å². The molecule has 4 nitrogen and oxygen atoms in total. The number of hydrogen-bond donors (Lipinski definition) is 1. The van der Waals surface area contributed by atoms with Crippen molar-refractivity contribution >= 4 is 17.8 Å². The molecule has 0 bridgehead atoms. The molecule has 0 fully saturated rings. The van der Waals surface area contributed by atoms with Gasteiger partial charge >= 0.3 is 51.4 Å². The van der Waals surface area contributed by atoms with Gasteiger partial charge in [0.2, 0.25) is 0 Å². The molecule has 2 rings (SSSR count). The van der Waals surface area contributed by atoms with E-state index in [0.29, 0.717) is 0 Å². The van der Waals surface area contributed by atoms with E-state index in [1.807, 2.05) is 12.2 Å². The molecule has 1 N–H and O–H groups in total. The first-order valence-electron chi connectivity index (χ1n) is 5.37. The van der Waals surface area contributed by atoms with Gasteiger partial charge in [-0.15, -0.1) is 0 Å². The molecule has 0 aliphatic carbocycles. The van der Waals surface area contributed by atoms with Crippen LogP contribution in [-0.2, 0) is 0 Å². The Morgan fingerprint density at radius 1 is 0.895 bits per heavy atom. The van der Waals surface area contributed by atoms with E-state index in [-0.39, 0.29) is 62.8 Å². The first-order chi connectivity index (χ1) is 8.65. The van der Waals surface area contributed by atoms with Crippen LogP contribution in [0.5, 0.6) is 5.75 Å². The van der Waals surface area contributed by atoms with Crippen molar-refractivity contribution in [3.05, 3.63) is 69.8 Å². The van der Waals surface area contributed by atoms with Crippen LogP contribution in [0.1, 0.15) is 11.1 Å². The maximum atomic E-state index is 10.5. The zero-order valence-corrected chi connectivity index (χ0v) is 13.6. The second kappa shape index (κ2) is 7.57. The van der Waals surface area contributed by atoms with E-state index in [1.54, 1.807) is 36.4 Å². The van der Waals surface area contributed by atoms with E-state index in [4.69, 9.17) is 5.11 Å². The molecule has 0 aromatic heterocycles. The molecular formula is C14H11KNO3+. The summed E-state index contributed by atoms with van der Waals surface area (Å²) >= 11 is 0. The van der Waals surface area contributed by atoms with Gasteiger partial charge in [0.25, 0.3) is 5.69 Å². The fourth-order valence-corrected chi connectivity index (χ4v) is 1.49. The molecule has 0 unspecified atom stereocenters. The Bertz CT molecular complexity index is 577. The maximum Gasteiger partial charge on any atom is 1.00 e. The van der Waals surface area contributed by atoms with Crippen LogP contribution in [0.2, 0.25) is 0 Å². The molecular weight excluding hydrogens is 269 g/mol. The van der Waals surface area contributed by atoms with Crippen LogP contribution in [0, 0.1) is 10.1 Å². The Kier molecular flexibility index (Phi) is 6.40. The third-order valence-electron chi connectivity index (χ3n) is 2.47. The predicted molar refractivity (Wildman–Crippen MR) is 70.1 cm³/mol. The van der Waals surface area contributed by atoms with E-state index in [1.165, 1.54) is 12.1 Å². The number of nitro benzene ring substituents is 1. The van der Waals surface area contributed by atoms with Crippen LogP contribution in [0.25, 0.3) is 12.2 Å². The molecule has 19 heavy (non-hydrogen) atoms. The summed E-state index contributed by atoms with van der Waals surface area (Å²) in [5, 5.41) is 19.6. The molecule has 0 amide bonds. The van der Waals surface area contributed by atoms with Gasteiger partial charge in [0.05, 0.1) is 4.92 Å². The number of hydrogen-bond acceptors (Lipinski definition) is 3. The van der Waals surface area contributed by atoms with Gasteiger partial charge in [0.15, 0.2) is 0 Å². The van der Waals surface area contributed by atoms with Crippen LogP contribution in [0.15, 0.2) is 48.5 Å². The summed E-state index contributed by atoms with van der Waals surface area (Å²) in [6, 6.07) is 13.1. The molecule has 5 heteroatoms. The zero-order valence-electron chi connectivity index (χ0n) is 10.5. The Hall–Kier alpha value is -0.984. The fraction of sp³-hybridized carbons (Fsp3) is 0. The first-order valence-corrected chi connectivity index (χ1v) is 5.37. The van der Waals surface area contributed by atoms with Crippen molar-refractivity contribution in [3.63, 3.8) is 0 Å². The van der Waals surface area contributed by atoms with Gasteiger partial charge in [0.1, 0.15) is 5.75 Å². The summed E-state index contributed by atoms with van der Waals surface area (Å²) in [4.78, 5) is 10.1. The minimum atomic E-state index is -0.423. The maximum absolute atomic E-state index is 10.5. The number of non-ortho nitro benzene ring substituents is 1. The molecule has 2 aromatic carbocycles. The van der Waals surface area contributed by atoms with Gasteiger partial charge in [0, 0.05) is 12.1 Å². The number of benzene rings is 2. The third-order valence-corrected chi connectivity index (χ3v) is 2.47. The monoisotopic (exact) mass is 280 g/mol. The SMILES string of the molecule is O=[N+]([O-])c1ccc(/C=C/c2ccc(O)cc2)cc1.[K+]. The van der Waals surface area contributed by atoms with Crippen molar-refractivity contribution in [2.45, 2.75) is 0 Å². The molecule has 0 aliphatic rings. The number of nitro groups is 1. The zero-order chi connectivity index (χ0) is 13.0. The van der Waals surface area contributed by atoms with E-state index >= 15 is 0 Å². The van der Waals surface area contributed by atoms with E-state index in [9.17, 15) is 10.1 Å². The van der Waals surface area contributed by atoms with Crippen molar-refractivity contribution in [2.75, 3.05) is 0 Å². The van der Waals surface area contributed by atoms with Gasteiger partial charge in [-0.1, -0.05) is 24.3 Å². The van der Waals surface area contributed by atoms with Crippen molar-refractivity contribution < 1.29 is 61.4 Å². The number of phenols is 1. The third kappa shape index (κ3) is 4.89.